The fourth-order valence-corrected chi connectivity index (χ4v) is 2.70. The summed E-state index contributed by atoms with van der Waals surface area (Å²) in [5.41, 5.74) is 1.37. The highest BCUT2D eigenvalue weighted by Crippen LogP contribution is 2.43. The Balaban J connectivity index is 2.03. The Labute approximate surface area is 126 Å². The Morgan fingerprint density at radius 1 is 1.00 bits per heavy atom. The maximum atomic E-state index is 10.3. The van der Waals surface area contributed by atoms with Crippen molar-refractivity contribution >= 4 is 0 Å². The highest BCUT2D eigenvalue weighted by molar-refractivity contribution is 5.52. The van der Waals surface area contributed by atoms with Crippen LogP contribution in [0.4, 0.5) is 0 Å². The first-order valence-electron chi connectivity index (χ1n) is 6.79. The first kappa shape index (κ1) is 14.3. The monoisotopic (exact) mass is 304 g/mol. The number of phenolic OH excluding ortho intramolecular Hbond substituents is 4. The van der Waals surface area contributed by atoms with Gasteiger partial charge in [0, 0.05) is 24.1 Å². The summed E-state index contributed by atoms with van der Waals surface area (Å²) in [6.45, 7) is 1.62. The predicted molar refractivity (Wildman–Crippen MR) is 77.4 cm³/mol. The van der Waals surface area contributed by atoms with Gasteiger partial charge in [-0.1, -0.05) is 0 Å². The molecular weight excluding hydrogens is 288 g/mol. The number of aliphatic hydroxyl groups excluding tert-OH is 1. The van der Waals surface area contributed by atoms with Crippen molar-refractivity contribution < 1.29 is 30.3 Å². The molecule has 0 unspecified atom stereocenters. The van der Waals surface area contributed by atoms with E-state index < -0.39 is 12.2 Å². The van der Waals surface area contributed by atoms with E-state index in [4.69, 9.17) is 4.74 Å². The van der Waals surface area contributed by atoms with E-state index in [-0.39, 0.29) is 35.2 Å². The third-order valence-electron chi connectivity index (χ3n) is 3.82. The lowest BCUT2D eigenvalue weighted by atomic mass is 9.93. The number of ether oxygens (including phenoxy) is 1. The lowest BCUT2D eigenvalue weighted by molar-refractivity contribution is 0.0196. The van der Waals surface area contributed by atoms with Crippen LogP contribution in [0.25, 0.3) is 0 Å². The lowest BCUT2D eigenvalue weighted by Crippen LogP contribution is -2.30. The van der Waals surface area contributed by atoms with Gasteiger partial charge in [-0.15, -0.1) is 0 Å². The van der Waals surface area contributed by atoms with E-state index in [0.29, 0.717) is 16.7 Å². The standard InChI is InChI=1S/C16H16O6/c1-7-2-8(3-12(19)15(7)21)16-13(20)6-10-11(18)4-9(17)5-14(10)22-16/h2-5,13,16-21H,6H2,1H3/t13-,16-/m0/s1. The van der Waals surface area contributed by atoms with Gasteiger partial charge in [-0.05, 0) is 30.2 Å². The third-order valence-corrected chi connectivity index (χ3v) is 3.82. The molecule has 1 heterocycles. The SMILES string of the molecule is Cc1cc([C@@H]2Oc3cc(O)cc(O)c3C[C@@H]2O)cc(O)c1O. The quantitative estimate of drug-likeness (QED) is 0.514. The molecule has 6 heteroatoms. The maximum Gasteiger partial charge on any atom is 0.160 e. The van der Waals surface area contributed by atoms with Crippen molar-refractivity contribution in [2.45, 2.75) is 25.6 Å². The van der Waals surface area contributed by atoms with Gasteiger partial charge >= 0.3 is 0 Å². The van der Waals surface area contributed by atoms with Crippen LogP contribution in [0, 0.1) is 6.92 Å². The number of benzene rings is 2. The Morgan fingerprint density at radius 2 is 1.73 bits per heavy atom. The third kappa shape index (κ3) is 2.27. The average molecular weight is 304 g/mol. The van der Waals surface area contributed by atoms with E-state index in [2.05, 4.69) is 0 Å². The van der Waals surface area contributed by atoms with Crippen LogP contribution in [0.5, 0.6) is 28.7 Å². The largest absolute Gasteiger partial charge is 0.508 e. The van der Waals surface area contributed by atoms with Crippen LogP contribution in [-0.4, -0.2) is 31.6 Å². The Kier molecular flexibility index (Phi) is 3.26. The zero-order chi connectivity index (χ0) is 16.0. The van der Waals surface area contributed by atoms with Crippen LogP contribution in [-0.2, 0) is 6.42 Å². The van der Waals surface area contributed by atoms with Crippen molar-refractivity contribution in [3.8, 4) is 28.7 Å². The smallest absolute Gasteiger partial charge is 0.160 e. The summed E-state index contributed by atoms with van der Waals surface area (Å²) in [6, 6.07) is 5.48. The van der Waals surface area contributed by atoms with Gasteiger partial charge in [0.05, 0.1) is 6.10 Å². The van der Waals surface area contributed by atoms with Crippen LogP contribution in [0.2, 0.25) is 0 Å². The summed E-state index contributed by atoms with van der Waals surface area (Å²) in [6.07, 6.45) is -1.57. The molecular formula is C16H16O6. The van der Waals surface area contributed by atoms with Gasteiger partial charge in [0.1, 0.15) is 23.4 Å². The molecule has 1 aliphatic heterocycles. The summed E-state index contributed by atoms with van der Waals surface area (Å²) in [5, 5.41) is 48.9. The first-order chi connectivity index (χ1) is 10.4. The van der Waals surface area contributed by atoms with E-state index in [1.54, 1.807) is 13.0 Å². The number of phenols is 4. The van der Waals surface area contributed by atoms with Crippen molar-refractivity contribution in [2.24, 2.45) is 0 Å². The van der Waals surface area contributed by atoms with Gasteiger partial charge in [-0.2, -0.15) is 0 Å². The van der Waals surface area contributed by atoms with Gasteiger partial charge in [0.15, 0.2) is 11.5 Å². The topological polar surface area (TPSA) is 110 Å². The van der Waals surface area contributed by atoms with Gasteiger partial charge < -0.3 is 30.3 Å². The number of hydrogen-bond donors (Lipinski definition) is 5. The molecule has 2 atom stereocenters. The van der Waals surface area contributed by atoms with E-state index in [0.717, 1.165) is 0 Å². The average Bonchev–Trinajstić information content (AvgIpc) is 2.44. The second-order valence-corrected chi connectivity index (χ2v) is 5.46. The molecule has 0 fully saturated rings. The maximum absolute atomic E-state index is 10.3. The van der Waals surface area contributed by atoms with Crippen LogP contribution < -0.4 is 4.74 Å². The minimum atomic E-state index is -0.939. The molecule has 2 aromatic carbocycles. The fraction of sp³-hybridized carbons (Fsp3) is 0.250. The molecule has 2 aromatic rings. The molecule has 1 aliphatic rings. The zero-order valence-corrected chi connectivity index (χ0v) is 11.8. The molecule has 0 saturated carbocycles. The summed E-state index contributed by atoms with van der Waals surface area (Å²) in [4.78, 5) is 0. The number of hydrogen-bond acceptors (Lipinski definition) is 6. The van der Waals surface area contributed by atoms with Crippen molar-refractivity contribution in [3.63, 3.8) is 0 Å². The lowest BCUT2D eigenvalue weighted by Gasteiger charge is -2.31. The highest BCUT2D eigenvalue weighted by Gasteiger charge is 2.32. The molecule has 0 aromatic heterocycles. The van der Waals surface area contributed by atoms with Crippen LogP contribution in [0.15, 0.2) is 24.3 Å². The van der Waals surface area contributed by atoms with Crippen LogP contribution in [0.1, 0.15) is 22.8 Å². The summed E-state index contributed by atoms with van der Waals surface area (Å²) >= 11 is 0. The minimum Gasteiger partial charge on any atom is -0.508 e. The molecule has 3 rings (SSSR count). The summed E-state index contributed by atoms with van der Waals surface area (Å²) in [5.74, 6) is -0.522. The molecule has 0 amide bonds. The molecule has 0 spiro atoms. The molecule has 0 aliphatic carbocycles. The molecule has 6 nitrogen and oxygen atoms in total. The van der Waals surface area contributed by atoms with E-state index in [1.165, 1.54) is 18.2 Å². The van der Waals surface area contributed by atoms with Gasteiger partial charge in [-0.25, -0.2) is 0 Å². The molecule has 116 valence electrons. The van der Waals surface area contributed by atoms with E-state index in [1.807, 2.05) is 0 Å². The van der Waals surface area contributed by atoms with E-state index >= 15 is 0 Å². The van der Waals surface area contributed by atoms with Gasteiger partial charge in [0.25, 0.3) is 0 Å². The highest BCUT2D eigenvalue weighted by atomic mass is 16.5. The molecule has 22 heavy (non-hydrogen) atoms. The zero-order valence-electron chi connectivity index (χ0n) is 11.8. The Hall–Kier alpha value is -2.60. The van der Waals surface area contributed by atoms with Crippen molar-refractivity contribution in [1.29, 1.82) is 0 Å². The predicted octanol–water partition coefficient (Wildman–Crippen LogP) is 1.85. The Bertz CT molecular complexity index is 717. The van der Waals surface area contributed by atoms with Crippen LogP contribution in [0.3, 0.4) is 0 Å². The van der Waals surface area contributed by atoms with Crippen molar-refractivity contribution in [2.75, 3.05) is 0 Å². The van der Waals surface area contributed by atoms with Gasteiger partial charge in [-0.3, -0.25) is 0 Å². The second kappa shape index (κ2) is 4.99. The Morgan fingerprint density at radius 3 is 2.41 bits per heavy atom. The number of fused-ring (bicyclic) bond motifs is 1. The first-order valence-corrected chi connectivity index (χ1v) is 6.79. The molecule has 5 N–H and O–H groups in total. The fourth-order valence-electron chi connectivity index (χ4n) is 2.70. The number of aromatic hydroxyl groups is 4. The van der Waals surface area contributed by atoms with Gasteiger partial charge in [0.2, 0.25) is 0 Å². The minimum absolute atomic E-state index is 0.141. The number of aryl methyl sites for hydroxylation is 1. The van der Waals surface area contributed by atoms with Crippen molar-refractivity contribution in [1.82, 2.24) is 0 Å². The summed E-state index contributed by atoms with van der Waals surface area (Å²) in [7, 11) is 0. The normalized spacial score (nSPS) is 20.3. The second-order valence-electron chi connectivity index (χ2n) is 5.46. The molecule has 0 bridgehead atoms. The van der Waals surface area contributed by atoms with Crippen LogP contribution >= 0.6 is 0 Å². The van der Waals surface area contributed by atoms with E-state index in [9.17, 15) is 25.5 Å². The molecule has 0 saturated heterocycles. The molecule has 0 radical (unpaired) electrons. The summed E-state index contributed by atoms with van der Waals surface area (Å²) < 4.78 is 5.68. The van der Waals surface area contributed by atoms with Crippen molar-refractivity contribution in [3.05, 3.63) is 41.0 Å². The number of rotatable bonds is 1. The number of aliphatic hydroxyl groups is 1.